The van der Waals surface area contributed by atoms with Crippen LogP contribution in [0, 0.1) is 11.8 Å². The Balaban J connectivity index is 2.86. The highest BCUT2D eigenvalue weighted by molar-refractivity contribution is 5.94. The number of aromatic nitrogens is 2. The number of nitrogens with zero attached hydrogens (tertiary/aromatic N) is 2. The molecule has 4 unspecified atom stereocenters. The second kappa shape index (κ2) is 15.4. The zero-order chi connectivity index (χ0) is 28.1. The van der Waals surface area contributed by atoms with Crippen molar-refractivity contribution in [3.8, 4) is 0 Å². The normalized spacial score (nSPS) is 14.4. The molecule has 14 heteroatoms. The summed E-state index contributed by atoms with van der Waals surface area (Å²) in [6.07, 6.45) is 3.96. The third-order valence-electron chi connectivity index (χ3n) is 5.48. The number of hydrogen-bond acceptors (Lipinski definition) is 7. The molecule has 1 heterocycles. The monoisotopic (exact) mass is 523 g/mol. The van der Waals surface area contributed by atoms with Gasteiger partial charge in [0.05, 0.1) is 12.4 Å². The van der Waals surface area contributed by atoms with Gasteiger partial charge in [0, 0.05) is 24.9 Å². The minimum atomic E-state index is -1.23. The number of carboxylic acid groups (broad SMARTS) is 1. The lowest BCUT2D eigenvalue weighted by Gasteiger charge is -2.27. The Bertz CT molecular complexity index is 914. The summed E-state index contributed by atoms with van der Waals surface area (Å²) >= 11 is 0. The molecular weight excluding hydrogens is 482 g/mol. The molecule has 3 amide bonds. The molecular formula is C23H41N9O5. The number of carboxylic acids is 1. The van der Waals surface area contributed by atoms with Gasteiger partial charge in [-0.15, -0.1) is 0 Å². The summed E-state index contributed by atoms with van der Waals surface area (Å²) in [4.78, 5) is 61.0. The van der Waals surface area contributed by atoms with Gasteiger partial charge in [-0.2, -0.15) is 0 Å². The summed E-state index contributed by atoms with van der Waals surface area (Å²) in [5.41, 5.74) is 17.1. The number of carbonyl (C=O) groups excluding carboxylic acids is 3. The van der Waals surface area contributed by atoms with Crippen molar-refractivity contribution in [1.29, 1.82) is 0 Å². The number of H-pyrrole nitrogens is 1. The van der Waals surface area contributed by atoms with Gasteiger partial charge in [-0.25, -0.2) is 9.78 Å². The summed E-state index contributed by atoms with van der Waals surface area (Å²) in [5, 5.41) is 17.4. The second-order valence-electron chi connectivity index (χ2n) is 9.66. The van der Waals surface area contributed by atoms with Crippen molar-refractivity contribution in [2.24, 2.45) is 34.0 Å². The molecule has 0 fully saturated rings. The maximum atomic E-state index is 13.1. The molecule has 0 saturated carbocycles. The smallest absolute Gasteiger partial charge is 0.326 e. The average molecular weight is 524 g/mol. The Morgan fingerprint density at radius 3 is 2.19 bits per heavy atom. The van der Waals surface area contributed by atoms with E-state index in [2.05, 4.69) is 30.9 Å². The first-order chi connectivity index (χ1) is 17.3. The first kappa shape index (κ1) is 31.4. The number of aliphatic imine (C=N–C) groups is 1. The van der Waals surface area contributed by atoms with E-state index in [0.717, 1.165) is 0 Å². The minimum absolute atomic E-state index is 0.00700. The van der Waals surface area contributed by atoms with E-state index in [1.54, 1.807) is 13.8 Å². The molecule has 0 radical (unpaired) electrons. The number of guanidine groups is 1. The van der Waals surface area contributed by atoms with Crippen LogP contribution in [0.2, 0.25) is 0 Å². The fraction of sp³-hybridized carbons (Fsp3) is 0.652. The lowest BCUT2D eigenvalue weighted by Crippen LogP contribution is -2.58. The number of nitrogens with two attached hydrogens (primary N) is 3. The van der Waals surface area contributed by atoms with Crippen molar-refractivity contribution >= 4 is 29.7 Å². The first-order valence-electron chi connectivity index (χ1n) is 12.2. The van der Waals surface area contributed by atoms with Gasteiger partial charge in [0.1, 0.15) is 18.1 Å². The number of imidazole rings is 1. The highest BCUT2D eigenvalue weighted by atomic mass is 16.4. The van der Waals surface area contributed by atoms with Gasteiger partial charge < -0.3 is 43.2 Å². The number of rotatable bonds is 16. The quantitative estimate of drug-likeness (QED) is 0.0718. The largest absolute Gasteiger partial charge is 0.480 e. The molecule has 4 atom stereocenters. The number of aliphatic carboxylic acids is 1. The number of nitrogens with one attached hydrogen (secondary N) is 4. The van der Waals surface area contributed by atoms with E-state index in [-0.39, 0.29) is 24.2 Å². The Kier molecular flexibility index (Phi) is 13.1. The van der Waals surface area contributed by atoms with Crippen LogP contribution in [-0.2, 0) is 25.6 Å². The van der Waals surface area contributed by atoms with E-state index < -0.39 is 47.9 Å². The van der Waals surface area contributed by atoms with Crippen LogP contribution in [0.25, 0.3) is 0 Å². The molecule has 1 rings (SSSR count). The Morgan fingerprint density at radius 2 is 1.68 bits per heavy atom. The van der Waals surface area contributed by atoms with E-state index in [1.165, 1.54) is 12.5 Å². The van der Waals surface area contributed by atoms with Gasteiger partial charge >= 0.3 is 5.97 Å². The maximum absolute atomic E-state index is 13.1. The lowest BCUT2D eigenvalue weighted by atomic mass is 9.99. The average Bonchev–Trinajstić information content (AvgIpc) is 3.31. The SMILES string of the molecule is CC(C)CC(NC(=O)C(N)CCCN=C(N)N)C(=O)NC(C(=O)NC(Cc1cnc[nH]1)C(=O)O)C(C)C. The third-order valence-corrected chi connectivity index (χ3v) is 5.48. The molecule has 0 aliphatic rings. The second-order valence-corrected chi connectivity index (χ2v) is 9.66. The van der Waals surface area contributed by atoms with E-state index in [9.17, 15) is 24.3 Å². The summed E-state index contributed by atoms with van der Waals surface area (Å²) in [6, 6.07) is -4.07. The molecule has 37 heavy (non-hydrogen) atoms. The van der Waals surface area contributed by atoms with Crippen LogP contribution in [0.1, 0.15) is 52.7 Å². The minimum Gasteiger partial charge on any atom is -0.480 e. The summed E-state index contributed by atoms with van der Waals surface area (Å²) in [6.45, 7) is 7.54. The van der Waals surface area contributed by atoms with Gasteiger partial charge in [0.25, 0.3) is 0 Å². The molecule has 11 N–H and O–H groups in total. The van der Waals surface area contributed by atoms with E-state index in [1.807, 2.05) is 13.8 Å². The van der Waals surface area contributed by atoms with Crippen molar-refractivity contribution in [3.05, 3.63) is 18.2 Å². The maximum Gasteiger partial charge on any atom is 0.326 e. The summed E-state index contributed by atoms with van der Waals surface area (Å²) < 4.78 is 0. The number of aromatic amines is 1. The molecule has 0 spiro atoms. The van der Waals surface area contributed by atoms with Gasteiger partial charge in [0.2, 0.25) is 17.7 Å². The summed E-state index contributed by atoms with van der Waals surface area (Å²) in [7, 11) is 0. The molecule has 0 aliphatic carbocycles. The van der Waals surface area contributed by atoms with Crippen molar-refractivity contribution < 1.29 is 24.3 Å². The van der Waals surface area contributed by atoms with Gasteiger partial charge in [-0.1, -0.05) is 27.7 Å². The van der Waals surface area contributed by atoms with Gasteiger partial charge in [-0.05, 0) is 31.1 Å². The van der Waals surface area contributed by atoms with E-state index in [0.29, 0.717) is 31.5 Å². The Labute approximate surface area is 216 Å². The Hall–Kier alpha value is -3.68. The molecule has 0 aromatic carbocycles. The topological polar surface area (TPSA) is 244 Å². The molecule has 0 aliphatic heterocycles. The van der Waals surface area contributed by atoms with Crippen LogP contribution in [0.4, 0.5) is 0 Å². The van der Waals surface area contributed by atoms with Crippen LogP contribution in [-0.4, -0.2) is 75.4 Å². The van der Waals surface area contributed by atoms with Crippen molar-refractivity contribution in [1.82, 2.24) is 25.9 Å². The molecule has 1 aromatic rings. The van der Waals surface area contributed by atoms with Crippen LogP contribution in [0.3, 0.4) is 0 Å². The van der Waals surface area contributed by atoms with Crippen LogP contribution in [0.5, 0.6) is 0 Å². The number of carbonyl (C=O) groups is 4. The van der Waals surface area contributed by atoms with E-state index in [4.69, 9.17) is 17.2 Å². The van der Waals surface area contributed by atoms with Gasteiger partial charge in [0.15, 0.2) is 5.96 Å². The molecule has 1 aromatic heterocycles. The van der Waals surface area contributed by atoms with Crippen LogP contribution in [0.15, 0.2) is 17.5 Å². The van der Waals surface area contributed by atoms with E-state index >= 15 is 0 Å². The lowest BCUT2D eigenvalue weighted by molar-refractivity contribution is -0.142. The molecule has 208 valence electrons. The highest BCUT2D eigenvalue weighted by Gasteiger charge is 2.32. The standard InChI is InChI=1S/C23H41N9O5/c1-12(2)8-16(30-19(33)15(24)6-5-7-28-23(25)26)20(34)32-18(13(3)4)21(35)31-17(22(36)37)9-14-10-27-11-29-14/h10-13,15-18H,5-9,24H2,1-4H3,(H,27,29)(H,30,33)(H,31,35)(H,32,34)(H,36,37)(H4,25,26,28). The number of amides is 3. The number of hydrogen-bond donors (Lipinski definition) is 8. The Morgan fingerprint density at radius 1 is 1.03 bits per heavy atom. The first-order valence-corrected chi connectivity index (χ1v) is 12.2. The molecule has 0 saturated heterocycles. The summed E-state index contributed by atoms with van der Waals surface area (Å²) in [5.74, 6) is -3.32. The molecule has 14 nitrogen and oxygen atoms in total. The third kappa shape index (κ3) is 11.7. The fourth-order valence-electron chi connectivity index (χ4n) is 3.50. The predicted molar refractivity (Wildman–Crippen MR) is 138 cm³/mol. The highest BCUT2D eigenvalue weighted by Crippen LogP contribution is 2.10. The van der Waals surface area contributed by atoms with Crippen LogP contribution >= 0.6 is 0 Å². The van der Waals surface area contributed by atoms with Crippen molar-refractivity contribution in [2.45, 2.75) is 77.5 Å². The molecule has 0 bridgehead atoms. The zero-order valence-corrected chi connectivity index (χ0v) is 21.9. The zero-order valence-electron chi connectivity index (χ0n) is 21.9. The van der Waals surface area contributed by atoms with Crippen LogP contribution < -0.4 is 33.2 Å². The van der Waals surface area contributed by atoms with Crippen molar-refractivity contribution in [3.63, 3.8) is 0 Å². The fourth-order valence-corrected chi connectivity index (χ4v) is 3.50. The van der Waals surface area contributed by atoms with Crippen molar-refractivity contribution in [2.75, 3.05) is 6.54 Å². The van der Waals surface area contributed by atoms with Gasteiger partial charge in [-0.3, -0.25) is 19.4 Å². The predicted octanol–water partition coefficient (Wildman–Crippen LogP) is -1.43.